The molecule has 0 aliphatic heterocycles. The summed E-state index contributed by atoms with van der Waals surface area (Å²) in [6.45, 7) is 9.89. The van der Waals surface area contributed by atoms with Crippen molar-refractivity contribution in [2.45, 2.75) is 104 Å². The first kappa shape index (κ1) is 24.9. The Balaban J connectivity index is 3.50. The third-order valence-corrected chi connectivity index (χ3v) is 5.17. The highest BCUT2D eigenvalue weighted by molar-refractivity contribution is 4.58. The fourth-order valence-corrected chi connectivity index (χ4v) is 3.57. The summed E-state index contributed by atoms with van der Waals surface area (Å²) in [5.74, 6) is 0. The van der Waals surface area contributed by atoms with Gasteiger partial charge in [-0.25, -0.2) is 0 Å². The predicted octanol–water partition coefficient (Wildman–Crippen LogP) is 6.50. The predicted molar refractivity (Wildman–Crippen MR) is 115 cm³/mol. The number of hydrogen-bond acceptors (Lipinski definition) is 1. The third-order valence-electron chi connectivity index (χ3n) is 5.17. The van der Waals surface area contributed by atoms with Gasteiger partial charge in [-0.15, -0.1) is 0 Å². The van der Waals surface area contributed by atoms with E-state index in [1.165, 1.54) is 116 Å². The van der Waals surface area contributed by atoms with Gasteiger partial charge in [-0.05, 0) is 51.7 Å². The van der Waals surface area contributed by atoms with Crippen LogP contribution in [0.5, 0.6) is 0 Å². The molecule has 152 valence electrons. The molecule has 0 saturated heterocycles. The van der Waals surface area contributed by atoms with E-state index >= 15 is 0 Å². The van der Waals surface area contributed by atoms with Crippen molar-refractivity contribution in [1.82, 2.24) is 4.90 Å². The minimum absolute atomic E-state index is 1.11. The van der Waals surface area contributed by atoms with Crippen molar-refractivity contribution in [1.29, 1.82) is 0 Å². The van der Waals surface area contributed by atoms with E-state index in [4.69, 9.17) is 0 Å². The molecule has 0 radical (unpaired) electrons. The number of quaternary nitrogens is 1. The fraction of sp³-hybridized carbons (Fsp3) is 1.00. The lowest BCUT2D eigenvalue weighted by molar-refractivity contribution is -0.870. The van der Waals surface area contributed by atoms with Crippen LogP contribution in [0.4, 0.5) is 0 Å². The molecule has 0 aliphatic carbocycles. The molecule has 2 nitrogen and oxygen atoms in total. The number of nitrogens with zero attached hydrogens (tertiary/aromatic N) is 2. The van der Waals surface area contributed by atoms with Crippen LogP contribution in [0.1, 0.15) is 104 Å². The summed E-state index contributed by atoms with van der Waals surface area (Å²) in [7, 11) is 6.90. The zero-order chi connectivity index (χ0) is 18.8. The molecule has 0 heterocycles. The summed E-state index contributed by atoms with van der Waals surface area (Å²) in [5.41, 5.74) is 0. The van der Waals surface area contributed by atoms with Gasteiger partial charge in [-0.2, -0.15) is 0 Å². The highest BCUT2D eigenvalue weighted by Crippen LogP contribution is 2.11. The Morgan fingerprint density at radius 1 is 0.480 bits per heavy atom. The summed E-state index contributed by atoms with van der Waals surface area (Å²) in [5, 5.41) is 0. The highest BCUT2D eigenvalue weighted by Gasteiger charge is 2.07. The van der Waals surface area contributed by atoms with Crippen molar-refractivity contribution >= 4 is 0 Å². The first-order valence-electron chi connectivity index (χ1n) is 11.5. The standard InChI is InChI=1S/C23H51N2/c1-6-8-9-10-11-12-13-14-15-17-21-24(20-7-2)22-18-16-19-23-25(3,4)5/h6-23H2,1-5H3/q+1. The minimum Gasteiger partial charge on any atom is -0.331 e. The van der Waals surface area contributed by atoms with Crippen LogP contribution < -0.4 is 0 Å². The largest absolute Gasteiger partial charge is 0.331 e. The van der Waals surface area contributed by atoms with Gasteiger partial charge in [0.15, 0.2) is 0 Å². The van der Waals surface area contributed by atoms with Crippen LogP contribution in [0.15, 0.2) is 0 Å². The van der Waals surface area contributed by atoms with E-state index in [0.29, 0.717) is 0 Å². The van der Waals surface area contributed by atoms with Gasteiger partial charge in [0.05, 0.1) is 27.7 Å². The van der Waals surface area contributed by atoms with Crippen molar-refractivity contribution < 1.29 is 4.48 Å². The topological polar surface area (TPSA) is 3.24 Å². The molecule has 0 unspecified atom stereocenters. The number of unbranched alkanes of at least 4 members (excludes halogenated alkanes) is 11. The van der Waals surface area contributed by atoms with Gasteiger partial charge in [0.2, 0.25) is 0 Å². The molecule has 0 fully saturated rings. The maximum atomic E-state index is 2.72. The molecule has 0 bridgehead atoms. The summed E-state index contributed by atoms with van der Waals surface area (Å²) >= 11 is 0. The zero-order valence-corrected chi connectivity index (χ0v) is 18.6. The lowest BCUT2D eigenvalue weighted by Crippen LogP contribution is -2.35. The summed E-state index contributed by atoms with van der Waals surface area (Å²) in [6, 6.07) is 0. The van der Waals surface area contributed by atoms with Crippen LogP contribution in [0.25, 0.3) is 0 Å². The zero-order valence-electron chi connectivity index (χ0n) is 18.6. The first-order chi connectivity index (χ1) is 12.0. The van der Waals surface area contributed by atoms with Gasteiger partial charge in [0, 0.05) is 0 Å². The Morgan fingerprint density at radius 2 is 0.920 bits per heavy atom. The van der Waals surface area contributed by atoms with E-state index in [1.807, 2.05) is 0 Å². The van der Waals surface area contributed by atoms with Crippen LogP contribution in [-0.2, 0) is 0 Å². The van der Waals surface area contributed by atoms with Gasteiger partial charge < -0.3 is 9.38 Å². The van der Waals surface area contributed by atoms with Crippen LogP contribution in [0.2, 0.25) is 0 Å². The van der Waals surface area contributed by atoms with Crippen molar-refractivity contribution in [3.63, 3.8) is 0 Å². The van der Waals surface area contributed by atoms with E-state index in [2.05, 4.69) is 39.9 Å². The molecule has 2 heteroatoms. The van der Waals surface area contributed by atoms with Crippen molar-refractivity contribution in [2.75, 3.05) is 47.3 Å². The minimum atomic E-state index is 1.11. The van der Waals surface area contributed by atoms with Crippen LogP contribution in [0.3, 0.4) is 0 Å². The highest BCUT2D eigenvalue weighted by atomic mass is 15.3. The van der Waals surface area contributed by atoms with E-state index in [9.17, 15) is 0 Å². The molecule has 0 aromatic rings. The molecule has 0 N–H and O–H groups in total. The molecule has 0 rings (SSSR count). The van der Waals surface area contributed by atoms with Crippen molar-refractivity contribution in [2.24, 2.45) is 0 Å². The summed E-state index contributed by atoms with van der Waals surface area (Å²) in [6.07, 6.45) is 19.9. The maximum Gasteiger partial charge on any atom is 0.0780 e. The van der Waals surface area contributed by atoms with Crippen LogP contribution >= 0.6 is 0 Å². The first-order valence-corrected chi connectivity index (χ1v) is 11.5. The Labute approximate surface area is 160 Å². The van der Waals surface area contributed by atoms with Crippen LogP contribution in [-0.4, -0.2) is 56.7 Å². The van der Waals surface area contributed by atoms with Crippen molar-refractivity contribution in [3.8, 4) is 0 Å². The lowest BCUT2D eigenvalue weighted by atomic mass is 10.1. The van der Waals surface area contributed by atoms with Gasteiger partial charge in [-0.1, -0.05) is 71.6 Å². The summed E-state index contributed by atoms with van der Waals surface area (Å²) < 4.78 is 1.11. The molecule has 0 amide bonds. The van der Waals surface area contributed by atoms with E-state index < -0.39 is 0 Å². The van der Waals surface area contributed by atoms with Gasteiger partial charge in [0.1, 0.15) is 0 Å². The molecular weight excluding hydrogens is 304 g/mol. The molecule has 0 aromatic carbocycles. The van der Waals surface area contributed by atoms with E-state index in [-0.39, 0.29) is 0 Å². The average molecular weight is 356 g/mol. The maximum absolute atomic E-state index is 2.72. The lowest BCUT2D eigenvalue weighted by Gasteiger charge is -2.24. The summed E-state index contributed by atoms with van der Waals surface area (Å²) in [4.78, 5) is 2.72. The normalized spacial score (nSPS) is 12.2. The quantitative estimate of drug-likeness (QED) is 0.189. The molecule has 0 aromatic heterocycles. The SMILES string of the molecule is CCCCCCCCCCCCN(CCC)CCCCC[N+](C)(C)C. The Kier molecular flexibility index (Phi) is 17.3. The molecule has 0 atom stereocenters. The average Bonchev–Trinajstić information content (AvgIpc) is 2.55. The number of rotatable bonds is 19. The molecule has 0 saturated carbocycles. The third kappa shape index (κ3) is 20.1. The Morgan fingerprint density at radius 3 is 1.36 bits per heavy atom. The molecular formula is C23H51N2+. The monoisotopic (exact) mass is 355 g/mol. The number of hydrogen-bond donors (Lipinski definition) is 0. The molecule has 0 aliphatic rings. The second-order valence-electron chi connectivity index (χ2n) is 9.10. The van der Waals surface area contributed by atoms with Crippen LogP contribution in [0, 0.1) is 0 Å². The van der Waals surface area contributed by atoms with E-state index in [0.717, 1.165) is 4.48 Å². The van der Waals surface area contributed by atoms with Gasteiger partial charge >= 0.3 is 0 Å². The second-order valence-corrected chi connectivity index (χ2v) is 9.10. The smallest absolute Gasteiger partial charge is 0.0780 e. The Bertz CT molecular complexity index is 257. The Hall–Kier alpha value is -0.0800. The van der Waals surface area contributed by atoms with Gasteiger partial charge in [0.25, 0.3) is 0 Å². The van der Waals surface area contributed by atoms with E-state index in [1.54, 1.807) is 0 Å². The second kappa shape index (κ2) is 17.3. The molecule has 25 heavy (non-hydrogen) atoms. The van der Waals surface area contributed by atoms with Crippen molar-refractivity contribution in [3.05, 3.63) is 0 Å². The fourth-order valence-electron chi connectivity index (χ4n) is 3.57. The molecule has 0 spiro atoms. The van der Waals surface area contributed by atoms with Gasteiger partial charge in [-0.3, -0.25) is 0 Å².